The first kappa shape index (κ1) is 22.4. The van der Waals surface area contributed by atoms with Crippen LogP contribution in [-0.2, 0) is 16.0 Å². The van der Waals surface area contributed by atoms with E-state index < -0.39 is 6.04 Å². The lowest BCUT2D eigenvalue weighted by atomic mass is 10.0. The van der Waals surface area contributed by atoms with Crippen LogP contribution in [0.4, 0.5) is 0 Å². The van der Waals surface area contributed by atoms with Crippen LogP contribution < -0.4 is 5.32 Å². The van der Waals surface area contributed by atoms with Crippen molar-refractivity contribution >= 4 is 11.8 Å². The number of amides is 2. The quantitative estimate of drug-likeness (QED) is 0.746. The Kier molecular flexibility index (Phi) is 8.49. The third-order valence-electron chi connectivity index (χ3n) is 5.60. The number of likely N-dealkylation sites (N-methyl/N-ethyl adjacent to an activating group) is 1. The molecule has 0 radical (unpaired) electrons. The third-order valence-corrected chi connectivity index (χ3v) is 5.60. The lowest BCUT2D eigenvalue weighted by Gasteiger charge is -2.35. The summed E-state index contributed by atoms with van der Waals surface area (Å²) in [6, 6.07) is 6.07. The summed E-state index contributed by atoms with van der Waals surface area (Å²) < 4.78 is 0. The van der Waals surface area contributed by atoms with Crippen molar-refractivity contribution in [2.75, 3.05) is 33.2 Å². The van der Waals surface area contributed by atoms with Gasteiger partial charge in [0.15, 0.2) is 0 Å². The minimum atomic E-state index is -0.405. The van der Waals surface area contributed by atoms with Gasteiger partial charge < -0.3 is 15.1 Å². The van der Waals surface area contributed by atoms with Gasteiger partial charge in [-0.1, -0.05) is 32.0 Å². The molecular formula is C23H37N3O2. The highest BCUT2D eigenvalue weighted by Crippen LogP contribution is 2.13. The molecule has 5 nitrogen and oxygen atoms in total. The van der Waals surface area contributed by atoms with Crippen molar-refractivity contribution in [3.8, 4) is 0 Å². The summed E-state index contributed by atoms with van der Waals surface area (Å²) in [6.45, 7) is 11.7. The number of rotatable bonds is 8. The van der Waals surface area contributed by atoms with E-state index in [0.29, 0.717) is 18.8 Å². The van der Waals surface area contributed by atoms with E-state index in [9.17, 15) is 9.59 Å². The molecule has 2 amide bonds. The molecule has 0 spiro atoms. The Morgan fingerprint density at radius 2 is 1.75 bits per heavy atom. The van der Waals surface area contributed by atoms with E-state index in [1.54, 1.807) is 0 Å². The van der Waals surface area contributed by atoms with E-state index in [2.05, 4.69) is 63.2 Å². The minimum absolute atomic E-state index is 0.0167. The molecule has 5 heteroatoms. The van der Waals surface area contributed by atoms with E-state index in [0.717, 1.165) is 39.0 Å². The van der Waals surface area contributed by atoms with Crippen molar-refractivity contribution in [1.82, 2.24) is 15.1 Å². The molecule has 1 saturated heterocycles. The number of carbonyl (C=O) groups is 2. The zero-order valence-electron chi connectivity index (χ0n) is 18.3. The van der Waals surface area contributed by atoms with Crippen LogP contribution in [0, 0.1) is 19.8 Å². The molecule has 2 rings (SSSR count). The van der Waals surface area contributed by atoms with Gasteiger partial charge in [0, 0.05) is 32.6 Å². The fourth-order valence-corrected chi connectivity index (χ4v) is 3.62. The molecule has 1 aromatic rings. The second-order valence-corrected chi connectivity index (χ2v) is 8.65. The Balaban J connectivity index is 1.85. The maximum Gasteiger partial charge on any atom is 0.245 e. The molecule has 1 N–H and O–H groups in total. The Morgan fingerprint density at radius 1 is 1.07 bits per heavy atom. The van der Waals surface area contributed by atoms with Gasteiger partial charge in [0.05, 0.1) is 0 Å². The van der Waals surface area contributed by atoms with E-state index in [4.69, 9.17) is 0 Å². The molecule has 0 aliphatic carbocycles. The second kappa shape index (κ2) is 10.6. The van der Waals surface area contributed by atoms with Crippen molar-refractivity contribution in [3.05, 3.63) is 34.9 Å². The summed E-state index contributed by atoms with van der Waals surface area (Å²) in [4.78, 5) is 29.6. The van der Waals surface area contributed by atoms with Gasteiger partial charge in [0.1, 0.15) is 6.04 Å². The van der Waals surface area contributed by atoms with Gasteiger partial charge in [-0.25, -0.2) is 0 Å². The zero-order valence-corrected chi connectivity index (χ0v) is 18.3. The van der Waals surface area contributed by atoms with Crippen molar-refractivity contribution in [2.24, 2.45) is 5.92 Å². The van der Waals surface area contributed by atoms with Gasteiger partial charge in [-0.3, -0.25) is 9.59 Å². The summed E-state index contributed by atoms with van der Waals surface area (Å²) in [7, 11) is 2.07. The Morgan fingerprint density at radius 3 is 2.36 bits per heavy atom. The van der Waals surface area contributed by atoms with Gasteiger partial charge >= 0.3 is 0 Å². The third kappa shape index (κ3) is 6.93. The minimum Gasteiger partial charge on any atom is -0.344 e. The smallest absolute Gasteiger partial charge is 0.245 e. The second-order valence-electron chi connectivity index (χ2n) is 8.65. The molecule has 156 valence electrons. The number of aryl methyl sites for hydroxylation is 3. The van der Waals surface area contributed by atoms with E-state index in [-0.39, 0.29) is 11.8 Å². The van der Waals surface area contributed by atoms with E-state index >= 15 is 0 Å². The van der Waals surface area contributed by atoms with Gasteiger partial charge in [0.25, 0.3) is 0 Å². The summed E-state index contributed by atoms with van der Waals surface area (Å²) in [5.74, 6) is 0.415. The summed E-state index contributed by atoms with van der Waals surface area (Å²) in [5.41, 5.74) is 3.85. The molecule has 1 aliphatic rings. The largest absolute Gasteiger partial charge is 0.344 e. The highest BCUT2D eigenvalue weighted by atomic mass is 16.2. The molecule has 0 bridgehead atoms. The monoisotopic (exact) mass is 387 g/mol. The first-order valence-corrected chi connectivity index (χ1v) is 10.6. The highest BCUT2D eigenvalue weighted by molar-refractivity contribution is 5.87. The Bertz CT molecular complexity index is 664. The average Bonchev–Trinajstić information content (AvgIpc) is 2.64. The maximum atomic E-state index is 12.9. The van der Waals surface area contributed by atoms with E-state index in [1.807, 2.05) is 4.90 Å². The molecule has 1 aromatic carbocycles. The van der Waals surface area contributed by atoms with Crippen molar-refractivity contribution in [2.45, 2.75) is 59.4 Å². The summed E-state index contributed by atoms with van der Waals surface area (Å²) in [6.07, 6.45) is 2.83. The summed E-state index contributed by atoms with van der Waals surface area (Å²) in [5, 5.41) is 3.02. The highest BCUT2D eigenvalue weighted by Gasteiger charge is 2.28. The van der Waals surface area contributed by atoms with Crippen LogP contribution in [-0.4, -0.2) is 60.9 Å². The first-order chi connectivity index (χ1) is 13.3. The zero-order chi connectivity index (χ0) is 20.7. The van der Waals surface area contributed by atoms with Crippen LogP contribution in [0.25, 0.3) is 0 Å². The van der Waals surface area contributed by atoms with Gasteiger partial charge in [-0.05, 0) is 62.8 Å². The first-order valence-electron chi connectivity index (χ1n) is 10.6. The van der Waals surface area contributed by atoms with Crippen LogP contribution in [0.15, 0.2) is 18.2 Å². The van der Waals surface area contributed by atoms with Crippen LogP contribution >= 0.6 is 0 Å². The van der Waals surface area contributed by atoms with Crippen molar-refractivity contribution < 1.29 is 9.59 Å². The van der Waals surface area contributed by atoms with Crippen molar-refractivity contribution in [1.29, 1.82) is 0 Å². The van der Waals surface area contributed by atoms with Gasteiger partial charge in [-0.15, -0.1) is 0 Å². The SMILES string of the molecule is Cc1ccc(CCCC(=O)NC(CC(C)C)C(=O)N2CCN(C)CC2)cc1C. The number of piperazine rings is 1. The fraction of sp³-hybridized carbons (Fsp3) is 0.652. The van der Waals surface area contributed by atoms with E-state index in [1.165, 1.54) is 16.7 Å². The molecule has 1 fully saturated rings. The van der Waals surface area contributed by atoms with Crippen LogP contribution in [0.1, 0.15) is 49.8 Å². The van der Waals surface area contributed by atoms with Gasteiger partial charge in [-0.2, -0.15) is 0 Å². The molecule has 0 saturated carbocycles. The maximum absolute atomic E-state index is 12.9. The number of benzene rings is 1. The van der Waals surface area contributed by atoms with Gasteiger partial charge in [0.2, 0.25) is 11.8 Å². The van der Waals surface area contributed by atoms with Crippen molar-refractivity contribution in [3.63, 3.8) is 0 Å². The average molecular weight is 388 g/mol. The van der Waals surface area contributed by atoms with Crippen LogP contribution in [0.2, 0.25) is 0 Å². The standard InChI is InChI=1S/C23H37N3O2/c1-17(2)15-21(23(28)26-13-11-25(5)12-14-26)24-22(27)8-6-7-20-10-9-18(3)19(4)16-20/h9-10,16-17,21H,6-8,11-15H2,1-5H3,(H,24,27). The van der Waals surface area contributed by atoms with Crippen LogP contribution in [0.3, 0.4) is 0 Å². The number of hydrogen-bond donors (Lipinski definition) is 1. The lowest BCUT2D eigenvalue weighted by Crippen LogP contribution is -2.54. The lowest BCUT2D eigenvalue weighted by molar-refractivity contribution is -0.138. The number of nitrogens with zero attached hydrogens (tertiary/aromatic N) is 2. The molecule has 0 aromatic heterocycles. The number of hydrogen-bond acceptors (Lipinski definition) is 3. The fourth-order valence-electron chi connectivity index (χ4n) is 3.62. The molecule has 1 atom stereocenters. The number of carbonyl (C=O) groups excluding carboxylic acids is 2. The predicted octanol–water partition coefficient (Wildman–Crippen LogP) is 2.93. The molecule has 28 heavy (non-hydrogen) atoms. The van der Waals surface area contributed by atoms with Crippen LogP contribution in [0.5, 0.6) is 0 Å². The Labute approximate surface area is 170 Å². The topological polar surface area (TPSA) is 52.7 Å². The molecule has 1 aliphatic heterocycles. The molecule has 1 unspecified atom stereocenters. The predicted molar refractivity (Wildman–Crippen MR) is 114 cm³/mol. The number of nitrogens with one attached hydrogen (secondary N) is 1. The molecular weight excluding hydrogens is 350 g/mol. The Hall–Kier alpha value is -1.88. The molecule has 1 heterocycles. The summed E-state index contributed by atoms with van der Waals surface area (Å²) >= 11 is 0. The normalized spacial score (nSPS) is 16.3.